The van der Waals surface area contributed by atoms with Gasteiger partial charge in [0.1, 0.15) is 5.01 Å². The van der Waals surface area contributed by atoms with Gasteiger partial charge in [0.25, 0.3) is 0 Å². The molecular weight excluding hydrogens is 451 g/mol. The van der Waals surface area contributed by atoms with Crippen molar-refractivity contribution in [3.8, 4) is 0 Å². The lowest BCUT2D eigenvalue weighted by Gasteiger charge is -2.21. The van der Waals surface area contributed by atoms with Crippen molar-refractivity contribution in [2.75, 3.05) is 25.9 Å². The van der Waals surface area contributed by atoms with Crippen molar-refractivity contribution in [1.29, 1.82) is 0 Å². The van der Waals surface area contributed by atoms with E-state index in [2.05, 4.69) is 50.5 Å². The van der Waals surface area contributed by atoms with Gasteiger partial charge in [-0.2, -0.15) is 0 Å². The van der Waals surface area contributed by atoms with Crippen LogP contribution in [0, 0.1) is 5.92 Å². The highest BCUT2D eigenvalue weighted by molar-refractivity contribution is 14.0. The SMILES string of the molecule is CN=C(NCc1nccs1)N1CCC(CSc2ccccc2)C1.I. The number of nitrogens with zero attached hydrogens (tertiary/aromatic N) is 3. The molecule has 3 rings (SSSR count). The van der Waals surface area contributed by atoms with Crippen LogP contribution in [0.4, 0.5) is 0 Å². The lowest BCUT2D eigenvalue weighted by Crippen LogP contribution is -2.39. The highest BCUT2D eigenvalue weighted by Crippen LogP contribution is 2.25. The maximum absolute atomic E-state index is 4.42. The van der Waals surface area contributed by atoms with Crippen molar-refractivity contribution >= 4 is 53.0 Å². The van der Waals surface area contributed by atoms with Crippen LogP contribution in [0.2, 0.25) is 0 Å². The summed E-state index contributed by atoms with van der Waals surface area (Å²) >= 11 is 3.63. The minimum atomic E-state index is 0. The first-order chi connectivity index (χ1) is 11.3. The summed E-state index contributed by atoms with van der Waals surface area (Å²) in [6, 6.07) is 10.7. The fraction of sp³-hybridized carbons (Fsp3) is 0.412. The molecule has 1 aliphatic rings. The van der Waals surface area contributed by atoms with Crippen LogP contribution in [0.25, 0.3) is 0 Å². The Labute approximate surface area is 169 Å². The van der Waals surface area contributed by atoms with Crippen molar-refractivity contribution in [2.45, 2.75) is 17.9 Å². The standard InChI is InChI=1S/C17H22N4S2.HI/c1-18-17(20-11-16-19-8-10-22-16)21-9-7-14(12-21)13-23-15-5-3-2-4-6-15;/h2-6,8,10,14H,7,9,11-13H2,1H3,(H,18,20);1H. The lowest BCUT2D eigenvalue weighted by atomic mass is 10.2. The molecule has 1 aromatic carbocycles. The van der Waals surface area contributed by atoms with E-state index in [1.807, 2.05) is 30.4 Å². The number of thioether (sulfide) groups is 1. The molecule has 0 bridgehead atoms. The first-order valence-corrected chi connectivity index (χ1v) is 9.73. The van der Waals surface area contributed by atoms with Crippen LogP contribution in [0.3, 0.4) is 0 Å². The van der Waals surface area contributed by atoms with E-state index in [0.717, 1.165) is 36.5 Å². The molecule has 0 spiro atoms. The van der Waals surface area contributed by atoms with Gasteiger partial charge in [0.15, 0.2) is 5.96 Å². The van der Waals surface area contributed by atoms with Gasteiger partial charge >= 0.3 is 0 Å². The molecule has 24 heavy (non-hydrogen) atoms. The molecule has 1 unspecified atom stereocenters. The van der Waals surface area contributed by atoms with Crippen LogP contribution < -0.4 is 5.32 Å². The number of hydrogen-bond donors (Lipinski definition) is 1. The summed E-state index contributed by atoms with van der Waals surface area (Å²) in [5.74, 6) is 2.88. The van der Waals surface area contributed by atoms with Crippen LogP contribution in [0.5, 0.6) is 0 Å². The molecule has 0 radical (unpaired) electrons. The summed E-state index contributed by atoms with van der Waals surface area (Å²) < 4.78 is 0. The quantitative estimate of drug-likeness (QED) is 0.309. The van der Waals surface area contributed by atoms with E-state index < -0.39 is 0 Å². The molecule has 4 nitrogen and oxygen atoms in total. The Hall–Kier alpha value is -0.800. The number of likely N-dealkylation sites (tertiary alicyclic amines) is 1. The molecule has 1 fully saturated rings. The number of guanidine groups is 1. The van der Waals surface area contributed by atoms with E-state index in [9.17, 15) is 0 Å². The Kier molecular flexibility index (Phi) is 8.34. The Morgan fingerprint density at radius 3 is 2.96 bits per heavy atom. The minimum absolute atomic E-state index is 0. The third kappa shape index (κ3) is 5.63. The van der Waals surface area contributed by atoms with E-state index in [4.69, 9.17) is 0 Å². The fourth-order valence-corrected chi connectivity index (χ4v) is 4.32. The predicted molar refractivity (Wildman–Crippen MR) is 115 cm³/mol. The zero-order valence-electron chi connectivity index (χ0n) is 13.7. The van der Waals surface area contributed by atoms with Crippen molar-refractivity contribution in [3.05, 3.63) is 46.9 Å². The van der Waals surface area contributed by atoms with Gasteiger partial charge in [0, 0.05) is 42.4 Å². The van der Waals surface area contributed by atoms with E-state index in [1.165, 1.54) is 17.1 Å². The van der Waals surface area contributed by atoms with Gasteiger partial charge < -0.3 is 10.2 Å². The first kappa shape index (κ1) is 19.5. The normalized spacial score (nSPS) is 17.6. The first-order valence-electron chi connectivity index (χ1n) is 7.87. The number of nitrogens with one attached hydrogen (secondary N) is 1. The molecule has 0 aliphatic carbocycles. The molecule has 1 N–H and O–H groups in total. The topological polar surface area (TPSA) is 40.5 Å². The highest BCUT2D eigenvalue weighted by atomic mass is 127. The van der Waals surface area contributed by atoms with Crippen molar-refractivity contribution in [2.24, 2.45) is 10.9 Å². The zero-order valence-corrected chi connectivity index (χ0v) is 17.7. The van der Waals surface area contributed by atoms with Crippen LogP contribution in [-0.4, -0.2) is 41.7 Å². The molecule has 7 heteroatoms. The maximum atomic E-state index is 4.42. The molecule has 2 heterocycles. The summed E-state index contributed by atoms with van der Waals surface area (Å²) in [5.41, 5.74) is 0. The van der Waals surface area contributed by atoms with E-state index in [-0.39, 0.29) is 24.0 Å². The van der Waals surface area contributed by atoms with Crippen LogP contribution >= 0.6 is 47.1 Å². The number of hydrogen-bond acceptors (Lipinski definition) is 4. The second-order valence-electron chi connectivity index (χ2n) is 5.55. The third-order valence-electron chi connectivity index (χ3n) is 3.91. The fourth-order valence-electron chi connectivity index (χ4n) is 2.72. The largest absolute Gasteiger partial charge is 0.350 e. The number of aromatic nitrogens is 1. The van der Waals surface area contributed by atoms with E-state index in [0.29, 0.717) is 0 Å². The minimum Gasteiger partial charge on any atom is -0.350 e. The van der Waals surface area contributed by atoms with Gasteiger partial charge in [-0.25, -0.2) is 4.98 Å². The molecule has 1 aliphatic heterocycles. The average molecular weight is 474 g/mol. The van der Waals surface area contributed by atoms with Gasteiger partial charge in [-0.05, 0) is 24.5 Å². The van der Waals surface area contributed by atoms with Crippen LogP contribution in [0.15, 0.2) is 51.8 Å². The molecule has 0 saturated carbocycles. The average Bonchev–Trinajstić information content (AvgIpc) is 3.26. The number of thiazole rings is 1. The number of aliphatic imine (C=N–C) groups is 1. The Morgan fingerprint density at radius 2 is 2.25 bits per heavy atom. The summed E-state index contributed by atoms with van der Waals surface area (Å²) in [4.78, 5) is 12.5. The van der Waals surface area contributed by atoms with Gasteiger partial charge in [0.2, 0.25) is 0 Å². The van der Waals surface area contributed by atoms with Crippen molar-refractivity contribution < 1.29 is 0 Å². The number of benzene rings is 1. The van der Waals surface area contributed by atoms with Gasteiger partial charge in [-0.1, -0.05) is 18.2 Å². The molecule has 1 atom stereocenters. The van der Waals surface area contributed by atoms with Gasteiger partial charge in [-0.3, -0.25) is 4.99 Å². The van der Waals surface area contributed by atoms with E-state index in [1.54, 1.807) is 11.3 Å². The summed E-state index contributed by atoms with van der Waals surface area (Å²) in [5, 5.41) is 6.53. The number of halogens is 1. The van der Waals surface area contributed by atoms with Crippen molar-refractivity contribution in [1.82, 2.24) is 15.2 Å². The predicted octanol–water partition coefficient (Wildman–Crippen LogP) is 3.95. The Balaban J connectivity index is 0.00000208. The smallest absolute Gasteiger partial charge is 0.194 e. The molecular formula is C17H23IN4S2. The second-order valence-corrected chi connectivity index (χ2v) is 7.62. The summed E-state index contributed by atoms with van der Waals surface area (Å²) in [6.45, 7) is 2.92. The van der Waals surface area contributed by atoms with Crippen LogP contribution in [0.1, 0.15) is 11.4 Å². The highest BCUT2D eigenvalue weighted by Gasteiger charge is 2.24. The monoisotopic (exact) mass is 474 g/mol. The Bertz CT molecular complexity index is 619. The molecule has 2 aromatic rings. The van der Waals surface area contributed by atoms with E-state index >= 15 is 0 Å². The Morgan fingerprint density at radius 1 is 1.42 bits per heavy atom. The third-order valence-corrected chi connectivity index (χ3v) is 5.93. The van der Waals surface area contributed by atoms with Gasteiger partial charge in [0.05, 0.1) is 6.54 Å². The number of rotatable bonds is 5. The van der Waals surface area contributed by atoms with Crippen molar-refractivity contribution in [3.63, 3.8) is 0 Å². The lowest BCUT2D eigenvalue weighted by molar-refractivity contribution is 0.474. The van der Waals surface area contributed by atoms with Gasteiger partial charge in [-0.15, -0.1) is 47.1 Å². The summed E-state index contributed by atoms with van der Waals surface area (Å²) in [6.07, 6.45) is 3.08. The second kappa shape index (κ2) is 10.2. The zero-order chi connectivity index (χ0) is 15.9. The van der Waals surface area contributed by atoms with Crippen LogP contribution in [-0.2, 0) is 6.54 Å². The molecule has 130 valence electrons. The molecule has 0 amide bonds. The summed E-state index contributed by atoms with van der Waals surface area (Å²) in [7, 11) is 1.86. The molecule has 1 aromatic heterocycles. The molecule has 1 saturated heterocycles. The maximum Gasteiger partial charge on any atom is 0.194 e.